The van der Waals surface area contributed by atoms with E-state index >= 15 is 0 Å². The first-order chi connectivity index (χ1) is 10.6. The Hall–Kier alpha value is -2.82. The summed E-state index contributed by atoms with van der Waals surface area (Å²) in [6, 6.07) is 12.1. The van der Waals surface area contributed by atoms with Gasteiger partial charge in [0.1, 0.15) is 11.8 Å². The predicted molar refractivity (Wildman–Crippen MR) is 78.8 cm³/mol. The first-order valence-corrected chi connectivity index (χ1v) is 6.92. The van der Waals surface area contributed by atoms with Crippen molar-refractivity contribution in [2.75, 3.05) is 0 Å². The lowest BCUT2D eigenvalue weighted by Gasteiger charge is -2.24. The number of benzene rings is 1. The highest BCUT2D eigenvalue weighted by Crippen LogP contribution is 2.38. The van der Waals surface area contributed by atoms with Gasteiger partial charge in [-0.25, -0.2) is 0 Å². The van der Waals surface area contributed by atoms with Crippen molar-refractivity contribution in [2.24, 2.45) is 0 Å². The smallest absolute Gasteiger partial charge is 0.290 e. The number of amides is 1. The fourth-order valence-electron chi connectivity index (χ4n) is 2.70. The molecule has 1 atom stereocenters. The number of furan rings is 1. The average Bonchev–Trinajstić information content (AvgIpc) is 3.10. The van der Waals surface area contributed by atoms with E-state index in [9.17, 15) is 14.7 Å². The molecule has 5 nitrogen and oxygen atoms in total. The molecule has 1 aromatic carbocycles. The van der Waals surface area contributed by atoms with E-state index in [-0.39, 0.29) is 17.9 Å². The maximum absolute atomic E-state index is 12.4. The van der Waals surface area contributed by atoms with Crippen LogP contribution >= 0.6 is 0 Å². The molecular weight excluding hydrogens is 282 g/mol. The van der Waals surface area contributed by atoms with Crippen LogP contribution in [0, 0.1) is 0 Å². The average molecular weight is 297 g/mol. The van der Waals surface area contributed by atoms with Gasteiger partial charge in [0.05, 0.1) is 11.8 Å². The Labute approximate surface area is 127 Å². The second-order valence-corrected chi connectivity index (χ2v) is 5.16. The van der Waals surface area contributed by atoms with Gasteiger partial charge in [0.2, 0.25) is 0 Å². The maximum Gasteiger partial charge on any atom is 0.290 e. The topological polar surface area (TPSA) is 70.8 Å². The van der Waals surface area contributed by atoms with Crippen molar-refractivity contribution in [1.29, 1.82) is 0 Å². The van der Waals surface area contributed by atoms with E-state index in [2.05, 4.69) is 0 Å². The van der Waals surface area contributed by atoms with Gasteiger partial charge < -0.3 is 14.4 Å². The van der Waals surface area contributed by atoms with Gasteiger partial charge in [-0.1, -0.05) is 30.3 Å². The van der Waals surface area contributed by atoms with Crippen LogP contribution in [0.3, 0.4) is 0 Å². The number of hydrogen-bond acceptors (Lipinski definition) is 4. The summed E-state index contributed by atoms with van der Waals surface area (Å²) in [6.45, 7) is 1.62. The third-order valence-electron chi connectivity index (χ3n) is 3.69. The fourth-order valence-corrected chi connectivity index (χ4v) is 2.70. The minimum Gasteiger partial charge on any atom is -0.503 e. The van der Waals surface area contributed by atoms with Crippen LogP contribution < -0.4 is 0 Å². The number of ketones is 1. The van der Waals surface area contributed by atoms with Crippen molar-refractivity contribution in [1.82, 2.24) is 4.90 Å². The Bertz CT molecular complexity index is 731. The first-order valence-electron chi connectivity index (χ1n) is 6.92. The van der Waals surface area contributed by atoms with Gasteiger partial charge in [-0.2, -0.15) is 0 Å². The summed E-state index contributed by atoms with van der Waals surface area (Å²) in [6.07, 6.45) is 1.48. The van der Waals surface area contributed by atoms with Crippen molar-refractivity contribution in [2.45, 2.75) is 19.5 Å². The van der Waals surface area contributed by atoms with Gasteiger partial charge in [0, 0.05) is 6.54 Å². The Kier molecular flexibility index (Phi) is 3.55. The minimum atomic E-state index is -0.694. The van der Waals surface area contributed by atoms with Crippen LogP contribution in [0.15, 0.2) is 64.5 Å². The normalized spacial score (nSPS) is 18.1. The van der Waals surface area contributed by atoms with Crippen LogP contribution in [0.25, 0.3) is 0 Å². The number of hydrogen-bond donors (Lipinski definition) is 1. The summed E-state index contributed by atoms with van der Waals surface area (Å²) in [5.41, 5.74) is 0.987. The second kappa shape index (κ2) is 5.52. The molecule has 1 N–H and O–H groups in total. The van der Waals surface area contributed by atoms with Crippen LogP contribution in [0.4, 0.5) is 0 Å². The van der Waals surface area contributed by atoms with Gasteiger partial charge in [0.25, 0.3) is 5.91 Å². The second-order valence-electron chi connectivity index (χ2n) is 5.16. The molecule has 0 radical (unpaired) electrons. The number of carbonyl (C=O) groups is 2. The highest BCUT2D eigenvalue weighted by Gasteiger charge is 2.43. The molecule has 2 heterocycles. The molecule has 0 unspecified atom stereocenters. The molecule has 0 spiro atoms. The lowest BCUT2D eigenvalue weighted by Crippen LogP contribution is -2.30. The highest BCUT2D eigenvalue weighted by atomic mass is 16.3. The number of carbonyl (C=O) groups excluding carboxylic acids is 2. The van der Waals surface area contributed by atoms with Crippen LogP contribution in [-0.4, -0.2) is 21.7 Å². The van der Waals surface area contributed by atoms with E-state index in [4.69, 9.17) is 4.42 Å². The van der Waals surface area contributed by atoms with Crippen molar-refractivity contribution in [3.05, 3.63) is 71.4 Å². The molecule has 1 aliphatic heterocycles. The van der Waals surface area contributed by atoms with E-state index in [0.717, 1.165) is 5.56 Å². The molecule has 0 saturated heterocycles. The summed E-state index contributed by atoms with van der Waals surface area (Å²) >= 11 is 0. The molecule has 3 rings (SSSR count). The number of nitrogens with zero attached hydrogens (tertiary/aromatic N) is 1. The van der Waals surface area contributed by atoms with E-state index in [1.165, 1.54) is 18.1 Å². The SMILES string of the molecule is CC(=O)C1=C(O)C(=O)N(Cc2ccccc2)[C@@H]1c1ccco1. The summed E-state index contributed by atoms with van der Waals surface area (Å²) in [5.74, 6) is -0.943. The van der Waals surface area contributed by atoms with Crippen molar-refractivity contribution in [3.8, 4) is 0 Å². The molecule has 0 saturated carbocycles. The number of aliphatic hydroxyl groups is 1. The van der Waals surface area contributed by atoms with E-state index < -0.39 is 17.7 Å². The van der Waals surface area contributed by atoms with Crippen LogP contribution in [0.2, 0.25) is 0 Å². The third-order valence-corrected chi connectivity index (χ3v) is 3.69. The molecular formula is C17H15NO4. The molecule has 5 heteroatoms. The predicted octanol–water partition coefficient (Wildman–Crippen LogP) is 2.76. The number of Topliss-reactive ketones (excluding diaryl/α,β-unsaturated/α-hetero) is 1. The molecule has 1 aromatic heterocycles. The molecule has 22 heavy (non-hydrogen) atoms. The van der Waals surface area contributed by atoms with Crippen LogP contribution in [-0.2, 0) is 16.1 Å². The summed E-state index contributed by atoms with van der Waals surface area (Å²) in [7, 11) is 0. The van der Waals surface area contributed by atoms with Gasteiger partial charge >= 0.3 is 0 Å². The molecule has 0 fully saturated rings. The van der Waals surface area contributed by atoms with E-state index in [1.54, 1.807) is 12.1 Å². The lowest BCUT2D eigenvalue weighted by atomic mass is 10.0. The molecule has 0 aliphatic carbocycles. The van der Waals surface area contributed by atoms with Gasteiger partial charge in [-0.15, -0.1) is 0 Å². The fraction of sp³-hybridized carbons (Fsp3) is 0.176. The maximum atomic E-state index is 12.4. The lowest BCUT2D eigenvalue weighted by molar-refractivity contribution is -0.130. The van der Waals surface area contributed by atoms with Gasteiger partial charge in [-0.05, 0) is 24.6 Å². The van der Waals surface area contributed by atoms with Crippen molar-refractivity contribution in [3.63, 3.8) is 0 Å². The van der Waals surface area contributed by atoms with Gasteiger partial charge in [-0.3, -0.25) is 9.59 Å². The zero-order valence-corrected chi connectivity index (χ0v) is 12.0. The van der Waals surface area contributed by atoms with Crippen LogP contribution in [0.1, 0.15) is 24.3 Å². The standard InChI is InChI=1S/C17H15NO4/c1-11(19)14-15(13-8-5-9-22-13)18(17(21)16(14)20)10-12-6-3-2-4-7-12/h2-9,15,20H,10H2,1H3/t15-/m1/s1. The molecule has 1 aliphatic rings. The molecule has 0 bridgehead atoms. The van der Waals surface area contributed by atoms with E-state index in [0.29, 0.717) is 5.76 Å². The highest BCUT2D eigenvalue weighted by molar-refractivity contribution is 6.07. The van der Waals surface area contributed by atoms with Gasteiger partial charge in [0.15, 0.2) is 11.5 Å². The molecule has 1 amide bonds. The minimum absolute atomic E-state index is 0.0795. The Balaban J connectivity index is 2.02. The number of aliphatic hydroxyl groups excluding tert-OH is 1. The number of rotatable bonds is 4. The largest absolute Gasteiger partial charge is 0.503 e. The Morgan fingerprint density at radius 3 is 2.55 bits per heavy atom. The van der Waals surface area contributed by atoms with Crippen molar-refractivity contribution < 1.29 is 19.1 Å². The monoisotopic (exact) mass is 297 g/mol. The molecule has 112 valence electrons. The summed E-state index contributed by atoms with van der Waals surface area (Å²) in [5, 5.41) is 10.1. The zero-order valence-electron chi connectivity index (χ0n) is 12.0. The molecule has 2 aromatic rings. The Morgan fingerprint density at radius 2 is 1.95 bits per heavy atom. The van der Waals surface area contributed by atoms with E-state index in [1.807, 2.05) is 30.3 Å². The quantitative estimate of drug-likeness (QED) is 0.942. The van der Waals surface area contributed by atoms with Crippen molar-refractivity contribution >= 4 is 11.7 Å². The Morgan fingerprint density at radius 1 is 1.23 bits per heavy atom. The first kappa shape index (κ1) is 14.1. The summed E-state index contributed by atoms with van der Waals surface area (Å²) < 4.78 is 5.37. The zero-order chi connectivity index (χ0) is 15.7. The van der Waals surface area contributed by atoms with Crippen LogP contribution in [0.5, 0.6) is 0 Å². The third kappa shape index (κ3) is 2.30. The summed E-state index contributed by atoms with van der Waals surface area (Å²) in [4.78, 5) is 25.7.